The van der Waals surface area contributed by atoms with E-state index in [2.05, 4.69) is 34.9 Å². The molecule has 0 bridgehead atoms. The zero-order chi connectivity index (χ0) is 30.8. The van der Waals surface area contributed by atoms with Crippen molar-refractivity contribution < 1.29 is 35.2 Å². The van der Waals surface area contributed by atoms with Crippen molar-refractivity contribution >= 4 is 76.3 Å². The Bertz CT molecular complexity index is 2070. The fourth-order valence-corrected chi connectivity index (χ4v) is 7.47. The minimum Gasteiger partial charge on any atom is -0.439 e. The number of fused-ring (bicyclic) bond motifs is 6. The molecular formula is C32H31N2O7S3+. The molecule has 4 aromatic carbocycles. The summed E-state index contributed by atoms with van der Waals surface area (Å²) in [6, 6.07) is 24.2. The van der Waals surface area contributed by atoms with Gasteiger partial charge in [0.25, 0.3) is 15.1 Å². The monoisotopic (exact) mass is 651 g/mol. The number of ether oxygens (including phenoxy) is 1. The average Bonchev–Trinajstić information content (AvgIpc) is 3.53. The molecule has 0 aliphatic carbocycles. The average molecular weight is 652 g/mol. The molecule has 0 saturated heterocycles. The standard InChI is InChI=1S/C32H30N2O7S3/c1-2-22(21-30-34(17-18-40-43(35)36)32-26-11-6-4-9-24(26)13-15-28(32)42-30)20-29-33(16-7-19-44(37,38)39)31-25-10-5-3-8-23(25)12-14-27(31)41-29/h3-6,8-15,20-21H,2,7,16-19H2,1H3,(H-,35,36,37,38,39)/p+1. The van der Waals surface area contributed by atoms with E-state index in [9.17, 15) is 21.7 Å². The summed E-state index contributed by atoms with van der Waals surface area (Å²) in [6.07, 6.45) is 4.94. The molecule has 0 radical (unpaired) electrons. The van der Waals surface area contributed by atoms with Gasteiger partial charge in [0.15, 0.2) is 12.3 Å². The van der Waals surface area contributed by atoms with E-state index in [0.29, 0.717) is 31.1 Å². The number of anilines is 1. The summed E-state index contributed by atoms with van der Waals surface area (Å²) in [7, 11) is -4.11. The lowest BCUT2D eigenvalue weighted by Crippen LogP contribution is -2.37. The highest BCUT2D eigenvalue weighted by Crippen LogP contribution is 2.44. The number of benzene rings is 4. The number of rotatable bonds is 11. The largest absolute Gasteiger partial charge is 0.439 e. The molecule has 228 valence electrons. The second-order valence-corrected chi connectivity index (χ2v) is 13.7. The third-order valence-electron chi connectivity index (χ3n) is 7.54. The van der Waals surface area contributed by atoms with Crippen LogP contribution in [-0.2, 0) is 32.2 Å². The maximum Gasteiger partial charge on any atom is 0.302 e. The Hall–Kier alpha value is -3.65. The fourth-order valence-electron chi connectivity index (χ4n) is 5.57. The fraction of sp³-hybridized carbons (Fsp3) is 0.219. The molecule has 1 atom stereocenters. The van der Waals surface area contributed by atoms with Crippen LogP contribution in [0.4, 0.5) is 5.69 Å². The van der Waals surface area contributed by atoms with Gasteiger partial charge in [-0.25, -0.2) is 0 Å². The summed E-state index contributed by atoms with van der Waals surface area (Å²) >= 11 is -0.743. The van der Waals surface area contributed by atoms with Crippen LogP contribution in [0.5, 0.6) is 5.75 Å². The van der Waals surface area contributed by atoms with E-state index in [1.54, 1.807) is 11.3 Å². The summed E-state index contributed by atoms with van der Waals surface area (Å²) in [4.78, 5) is 1.98. The molecule has 0 saturated carbocycles. The molecule has 2 N–H and O–H groups in total. The molecule has 1 aliphatic heterocycles. The number of nitrogens with zero attached hydrogens (tertiary/aromatic N) is 2. The van der Waals surface area contributed by atoms with E-state index in [1.165, 1.54) is 0 Å². The van der Waals surface area contributed by atoms with Gasteiger partial charge in [-0.1, -0.05) is 72.9 Å². The Morgan fingerprint density at radius 3 is 2.48 bits per heavy atom. The Kier molecular flexibility index (Phi) is 8.81. The number of hydrogen-bond donors (Lipinski definition) is 2. The van der Waals surface area contributed by atoms with Crippen LogP contribution in [-0.4, -0.2) is 40.6 Å². The smallest absolute Gasteiger partial charge is 0.302 e. The molecule has 0 spiro atoms. The van der Waals surface area contributed by atoms with Gasteiger partial charge in [0.05, 0.1) is 16.8 Å². The van der Waals surface area contributed by atoms with E-state index < -0.39 is 21.5 Å². The van der Waals surface area contributed by atoms with Gasteiger partial charge in [0.1, 0.15) is 11.3 Å². The molecule has 1 unspecified atom stereocenters. The number of thiazole rings is 1. The molecule has 44 heavy (non-hydrogen) atoms. The van der Waals surface area contributed by atoms with Crippen molar-refractivity contribution in [3.05, 3.63) is 95.3 Å². The first-order chi connectivity index (χ1) is 21.2. The summed E-state index contributed by atoms with van der Waals surface area (Å²) < 4.78 is 67.4. The zero-order valence-corrected chi connectivity index (χ0v) is 26.3. The van der Waals surface area contributed by atoms with Crippen LogP contribution in [0.2, 0.25) is 0 Å². The van der Waals surface area contributed by atoms with E-state index >= 15 is 0 Å². The zero-order valence-electron chi connectivity index (χ0n) is 23.9. The second kappa shape index (κ2) is 12.8. The van der Waals surface area contributed by atoms with Gasteiger partial charge in [-0.15, -0.1) is 0 Å². The summed E-state index contributed by atoms with van der Waals surface area (Å²) in [5, 5.41) is 5.13. The normalized spacial score (nSPS) is 15.4. The SMILES string of the molecule is CCC(=Cc1sc2ccc3ccccc3c2[n+]1CCOS(=O)O)C=C1Oc2ccc3ccccc3c2N1CCCS(=O)(=O)O. The highest BCUT2D eigenvalue weighted by atomic mass is 32.2. The molecule has 6 rings (SSSR count). The van der Waals surface area contributed by atoms with Gasteiger partial charge in [0.2, 0.25) is 11.4 Å². The van der Waals surface area contributed by atoms with Crippen LogP contribution in [0.15, 0.2) is 90.3 Å². The van der Waals surface area contributed by atoms with Crippen LogP contribution in [0.1, 0.15) is 24.8 Å². The maximum atomic E-state index is 11.5. The third kappa shape index (κ3) is 6.41. The molecule has 2 heterocycles. The van der Waals surface area contributed by atoms with Crippen molar-refractivity contribution in [1.29, 1.82) is 0 Å². The lowest BCUT2D eigenvalue weighted by atomic mass is 10.1. The van der Waals surface area contributed by atoms with E-state index in [0.717, 1.165) is 48.0 Å². The first-order valence-corrected chi connectivity index (χ1v) is 17.6. The second-order valence-electron chi connectivity index (χ2n) is 10.3. The van der Waals surface area contributed by atoms with Crippen LogP contribution < -0.4 is 14.2 Å². The van der Waals surface area contributed by atoms with Crippen molar-refractivity contribution in [2.45, 2.75) is 26.3 Å². The van der Waals surface area contributed by atoms with E-state index in [1.807, 2.05) is 66.4 Å². The highest BCUT2D eigenvalue weighted by molar-refractivity contribution is 7.85. The van der Waals surface area contributed by atoms with Crippen molar-refractivity contribution in [3.8, 4) is 5.75 Å². The van der Waals surface area contributed by atoms with Gasteiger partial charge in [0, 0.05) is 24.1 Å². The van der Waals surface area contributed by atoms with Gasteiger partial charge >= 0.3 is 11.4 Å². The van der Waals surface area contributed by atoms with Crippen LogP contribution in [0.25, 0.3) is 37.8 Å². The van der Waals surface area contributed by atoms with E-state index in [4.69, 9.17) is 8.92 Å². The number of aromatic nitrogens is 1. The van der Waals surface area contributed by atoms with Gasteiger partial charge in [-0.05, 0) is 47.4 Å². The van der Waals surface area contributed by atoms with Crippen LogP contribution in [0, 0.1) is 0 Å². The van der Waals surface area contributed by atoms with Gasteiger partial charge in [-0.3, -0.25) is 13.3 Å². The molecule has 5 aromatic rings. The third-order valence-corrected chi connectivity index (χ3v) is 9.81. The topological polar surface area (TPSA) is 117 Å². The predicted octanol–water partition coefficient (Wildman–Crippen LogP) is 6.46. The van der Waals surface area contributed by atoms with Crippen molar-refractivity contribution in [2.24, 2.45) is 0 Å². The summed E-state index contributed by atoms with van der Waals surface area (Å²) in [6.45, 7) is 2.80. The molecule has 12 heteroatoms. The number of hydrogen-bond acceptors (Lipinski definition) is 7. The first-order valence-electron chi connectivity index (χ1n) is 14.1. The molecule has 9 nitrogen and oxygen atoms in total. The lowest BCUT2D eigenvalue weighted by Gasteiger charge is -2.19. The Morgan fingerprint density at radius 2 is 1.75 bits per heavy atom. The van der Waals surface area contributed by atoms with Gasteiger partial charge < -0.3 is 9.64 Å². The summed E-state index contributed by atoms with van der Waals surface area (Å²) in [5.74, 6) is 0.885. The Labute approximate surface area is 261 Å². The van der Waals surface area contributed by atoms with Gasteiger partial charge in [-0.2, -0.15) is 17.2 Å². The van der Waals surface area contributed by atoms with Crippen LogP contribution in [0.3, 0.4) is 0 Å². The molecule has 1 aliphatic rings. The summed E-state index contributed by atoms with van der Waals surface area (Å²) in [5.41, 5.74) is 2.85. The quantitative estimate of drug-likeness (QED) is 0.0950. The predicted molar refractivity (Wildman–Crippen MR) is 176 cm³/mol. The molecule has 0 amide bonds. The van der Waals surface area contributed by atoms with Crippen molar-refractivity contribution in [3.63, 3.8) is 0 Å². The van der Waals surface area contributed by atoms with Crippen molar-refractivity contribution in [2.75, 3.05) is 23.8 Å². The van der Waals surface area contributed by atoms with E-state index in [-0.39, 0.29) is 18.8 Å². The highest BCUT2D eigenvalue weighted by Gasteiger charge is 2.29. The van der Waals surface area contributed by atoms with Crippen LogP contribution >= 0.6 is 11.3 Å². The minimum absolute atomic E-state index is 0.0548. The van der Waals surface area contributed by atoms with Crippen molar-refractivity contribution in [1.82, 2.24) is 0 Å². The molecule has 1 aromatic heterocycles. The molecule has 0 fully saturated rings. The molecular weight excluding hydrogens is 621 g/mol. The lowest BCUT2D eigenvalue weighted by molar-refractivity contribution is -0.668. The Morgan fingerprint density at radius 1 is 1.05 bits per heavy atom. The number of allylic oxidation sites excluding steroid dienone is 2. The first kappa shape index (κ1) is 30.4. The maximum absolute atomic E-state index is 11.5. The minimum atomic E-state index is -4.11. The Balaban J connectivity index is 1.44.